The Labute approximate surface area is 473 Å². The van der Waals surface area contributed by atoms with Gasteiger partial charge in [0.15, 0.2) is 40.6 Å². The van der Waals surface area contributed by atoms with Crippen LogP contribution in [0.5, 0.6) is 0 Å². The fourth-order valence-electron chi connectivity index (χ4n) is 10.4. The molecule has 13 aromatic rings. The van der Waals surface area contributed by atoms with Crippen molar-refractivity contribution in [2.75, 3.05) is 9.80 Å². The van der Waals surface area contributed by atoms with Crippen molar-refractivity contribution in [3.8, 4) is 102 Å². The molecular formula is C71H45N11. The summed E-state index contributed by atoms with van der Waals surface area (Å²) < 4.78 is 0. The summed E-state index contributed by atoms with van der Waals surface area (Å²) in [4.78, 5) is 50.8. The van der Waals surface area contributed by atoms with Gasteiger partial charge in [-0.3, -0.25) is 4.90 Å². The molecule has 11 nitrogen and oxygen atoms in total. The van der Waals surface area contributed by atoms with Gasteiger partial charge >= 0.3 is 0 Å². The van der Waals surface area contributed by atoms with Crippen LogP contribution in [0.3, 0.4) is 0 Å². The second-order valence-corrected chi connectivity index (χ2v) is 19.5. The lowest BCUT2D eigenvalue weighted by molar-refractivity contribution is 1.05. The Morgan fingerprint density at radius 1 is 0.256 bits per heavy atom. The van der Waals surface area contributed by atoms with E-state index in [0.717, 1.165) is 84.3 Å². The van der Waals surface area contributed by atoms with Crippen molar-refractivity contribution in [2.24, 2.45) is 0 Å². The number of hydrogen-bond donors (Lipinski definition) is 0. The quantitative estimate of drug-likeness (QED) is 0.116. The molecule has 0 bridgehead atoms. The molecule has 0 radical (unpaired) electrons. The standard InChI is InChI=1S/C71H45N11/c1-72-55-42-40-47(41-43-55)56-44-54(69-77-65(50-28-12-4-13-29-50)75-66(78-69)51-30-14-5-15-31-51)45-57(70-79-67(52-32-16-6-17-33-52)76-68(80-70)53-34-18-7-19-35-53)64(56)81-60-36-20-22-38-62(60)82(63-39-23-21-37-61(63)81)71-73-58(48-24-8-2-9-25-48)46-59(74-71)49-26-10-3-11-27-49/h2-46H. The minimum Gasteiger partial charge on any atom is -0.305 e. The van der Waals surface area contributed by atoms with E-state index in [4.69, 9.17) is 46.4 Å². The third-order valence-electron chi connectivity index (χ3n) is 14.3. The Bertz CT molecular complexity index is 4280. The van der Waals surface area contributed by atoms with Crippen molar-refractivity contribution in [1.29, 1.82) is 0 Å². The number of hydrogen-bond acceptors (Lipinski definition) is 10. The number of nitrogens with zero attached hydrogens (tertiary/aromatic N) is 11. The molecule has 384 valence electrons. The number of aromatic nitrogens is 8. The van der Waals surface area contributed by atoms with Crippen LogP contribution in [0, 0.1) is 6.57 Å². The van der Waals surface area contributed by atoms with E-state index in [-0.39, 0.29) is 0 Å². The molecule has 14 rings (SSSR count). The lowest BCUT2D eigenvalue weighted by Gasteiger charge is -2.40. The molecule has 0 saturated heterocycles. The summed E-state index contributed by atoms with van der Waals surface area (Å²) in [6, 6.07) is 91.0. The number of benzene rings is 10. The first kappa shape index (κ1) is 48.7. The maximum Gasteiger partial charge on any atom is 0.235 e. The number of fused-ring (bicyclic) bond motifs is 2. The molecule has 0 aliphatic carbocycles. The lowest BCUT2D eigenvalue weighted by Crippen LogP contribution is -2.26. The maximum absolute atomic E-state index is 8.01. The second-order valence-electron chi connectivity index (χ2n) is 19.5. The molecule has 0 amide bonds. The highest BCUT2D eigenvalue weighted by Gasteiger charge is 2.36. The van der Waals surface area contributed by atoms with E-state index in [2.05, 4.69) is 93.5 Å². The van der Waals surface area contributed by atoms with E-state index in [9.17, 15) is 0 Å². The molecule has 0 spiro atoms. The zero-order valence-electron chi connectivity index (χ0n) is 43.9. The molecule has 82 heavy (non-hydrogen) atoms. The van der Waals surface area contributed by atoms with Gasteiger partial charge < -0.3 is 4.90 Å². The van der Waals surface area contributed by atoms with E-state index >= 15 is 0 Å². The van der Waals surface area contributed by atoms with Crippen LogP contribution in [0.4, 0.5) is 40.1 Å². The van der Waals surface area contributed by atoms with E-state index in [0.29, 0.717) is 57.7 Å². The van der Waals surface area contributed by atoms with Crippen LogP contribution in [0.25, 0.3) is 107 Å². The summed E-state index contributed by atoms with van der Waals surface area (Å²) in [7, 11) is 0. The van der Waals surface area contributed by atoms with Gasteiger partial charge in [-0.15, -0.1) is 0 Å². The van der Waals surface area contributed by atoms with Crippen LogP contribution in [0.1, 0.15) is 0 Å². The molecule has 10 aromatic carbocycles. The van der Waals surface area contributed by atoms with Crippen molar-refractivity contribution >= 4 is 40.1 Å². The summed E-state index contributed by atoms with van der Waals surface area (Å²) in [5.41, 5.74) is 14.4. The van der Waals surface area contributed by atoms with Crippen molar-refractivity contribution in [3.63, 3.8) is 0 Å². The van der Waals surface area contributed by atoms with Gasteiger partial charge in [-0.25, -0.2) is 44.7 Å². The van der Waals surface area contributed by atoms with Gasteiger partial charge in [0.25, 0.3) is 0 Å². The number of para-hydroxylation sites is 4. The molecule has 1 aliphatic rings. The highest BCUT2D eigenvalue weighted by molar-refractivity contribution is 6.07. The van der Waals surface area contributed by atoms with Crippen molar-refractivity contribution < 1.29 is 0 Å². The van der Waals surface area contributed by atoms with Gasteiger partial charge in [-0.05, 0) is 48.0 Å². The maximum atomic E-state index is 8.01. The average molecular weight is 1050 g/mol. The first-order valence-corrected chi connectivity index (χ1v) is 26.8. The smallest absolute Gasteiger partial charge is 0.235 e. The third kappa shape index (κ3) is 9.34. The number of rotatable bonds is 11. The van der Waals surface area contributed by atoms with E-state index in [1.165, 1.54) is 0 Å². The lowest BCUT2D eigenvalue weighted by atomic mass is 9.93. The second kappa shape index (κ2) is 21.3. The molecule has 11 heteroatoms. The molecule has 0 atom stereocenters. The number of anilines is 6. The highest BCUT2D eigenvalue weighted by atomic mass is 15.3. The van der Waals surface area contributed by atoms with Crippen LogP contribution in [0.15, 0.2) is 273 Å². The normalized spacial score (nSPS) is 11.6. The average Bonchev–Trinajstić information content (AvgIpc) is 3.64. The zero-order chi connectivity index (χ0) is 54.8. The van der Waals surface area contributed by atoms with E-state index in [1.54, 1.807) is 0 Å². The first-order valence-electron chi connectivity index (χ1n) is 26.8. The van der Waals surface area contributed by atoms with Gasteiger partial charge in [0, 0.05) is 50.1 Å². The van der Waals surface area contributed by atoms with Crippen LogP contribution in [0.2, 0.25) is 0 Å². The van der Waals surface area contributed by atoms with Crippen molar-refractivity contribution in [2.45, 2.75) is 0 Å². The van der Waals surface area contributed by atoms with Crippen LogP contribution in [-0.4, -0.2) is 39.9 Å². The predicted octanol–water partition coefficient (Wildman–Crippen LogP) is 17.7. The Morgan fingerprint density at radius 3 is 0.951 bits per heavy atom. The predicted molar refractivity (Wildman–Crippen MR) is 327 cm³/mol. The molecule has 0 N–H and O–H groups in total. The van der Waals surface area contributed by atoms with Crippen LogP contribution < -0.4 is 9.80 Å². The Morgan fingerprint density at radius 2 is 0.573 bits per heavy atom. The Balaban J connectivity index is 1.08. The van der Waals surface area contributed by atoms with Gasteiger partial charge in [0.1, 0.15) is 0 Å². The summed E-state index contributed by atoms with van der Waals surface area (Å²) in [5, 5.41) is 0. The summed E-state index contributed by atoms with van der Waals surface area (Å²) in [5.74, 6) is 3.38. The van der Waals surface area contributed by atoms with Crippen LogP contribution >= 0.6 is 0 Å². The van der Waals surface area contributed by atoms with E-state index < -0.39 is 0 Å². The minimum absolute atomic E-state index is 0.410. The molecular weight excluding hydrogens is 1010 g/mol. The fourth-order valence-corrected chi connectivity index (χ4v) is 10.4. The summed E-state index contributed by atoms with van der Waals surface area (Å²) >= 11 is 0. The topological polar surface area (TPSA) is 114 Å². The molecule has 0 saturated carbocycles. The van der Waals surface area contributed by atoms with Gasteiger partial charge in [0.05, 0.1) is 46.4 Å². The summed E-state index contributed by atoms with van der Waals surface area (Å²) in [6.07, 6.45) is 0. The largest absolute Gasteiger partial charge is 0.305 e. The van der Waals surface area contributed by atoms with Gasteiger partial charge in [-0.1, -0.05) is 231 Å². The highest BCUT2D eigenvalue weighted by Crippen LogP contribution is 2.57. The zero-order valence-corrected chi connectivity index (χ0v) is 43.9. The SMILES string of the molecule is [C-]#[N+]c1ccc(-c2cc(-c3nc(-c4ccccc4)nc(-c4ccccc4)n3)cc(-c3nc(-c4ccccc4)nc(-c4ccccc4)n3)c2N2c3ccccc3N(c3nc(-c4ccccc4)cc(-c4ccccc4)n3)c3ccccc32)cc1. The molecule has 3 aromatic heterocycles. The Hall–Kier alpha value is -11.6. The monoisotopic (exact) mass is 1050 g/mol. The van der Waals surface area contributed by atoms with Crippen LogP contribution in [-0.2, 0) is 0 Å². The van der Waals surface area contributed by atoms with Crippen molar-refractivity contribution in [3.05, 3.63) is 284 Å². The minimum atomic E-state index is 0.410. The third-order valence-corrected chi connectivity index (χ3v) is 14.3. The molecule has 4 heterocycles. The van der Waals surface area contributed by atoms with Crippen molar-refractivity contribution in [1.82, 2.24) is 39.9 Å². The molecule has 1 aliphatic heterocycles. The molecule has 0 fully saturated rings. The fraction of sp³-hybridized carbons (Fsp3) is 0. The molecule has 0 unspecified atom stereocenters. The first-order chi connectivity index (χ1) is 40.6. The Kier molecular flexibility index (Phi) is 12.7. The van der Waals surface area contributed by atoms with Gasteiger partial charge in [-0.2, -0.15) is 0 Å². The van der Waals surface area contributed by atoms with Gasteiger partial charge in [0.2, 0.25) is 5.95 Å². The van der Waals surface area contributed by atoms with E-state index in [1.807, 2.05) is 194 Å². The summed E-state index contributed by atoms with van der Waals surface area (Å²) in [6.45, 7) is 8.01.